The molecule has 7 heteroatoms. The quantitative estimate of drug-likeness (QED) is 0.896. The van der Waals surface area contributed by atoms with Crippen LogP contribution in [0.2, 0.25) is 0 Å². The number of pyridine rings is 1. The molecule has 110 valence electrons. The molecule has 1 amide bonds. The van der Waals surface area contributed by atoms with Gasteiger partial charge in [-0.1, -0.05) is 6.07 Å². The van der Waals surface area contributed by atoms with Gasteiger partial charge in [-0.25, -0.2) is 9.31 Å². The van der Waals surface area contributed by atoms with Crippen molar-refractivity contribution in [3.63, 3.8) is 0 Å². The first-order chi connectivity index (χ1) is 10.1. The van der Waals surface area contributed by atoms with Crippen LogP contribution in [0.4, 0.5) is 0 Å². The van der Waals surface area contributed by atoms with Gasteiger partial charge in [0.15, 0.2) is 0 Å². The van der Waals surface area contributed by atoms with Crippen LogP contribution in [0.15, 0.2) is 30.6 Å². The van der Waals surface area contributed by atoms with Crippen LogP contribution in [-0.2, 0) is 4.79 Å². The molecule has 1 fully saturated rings. The van der Waals surface area contributed by atoms with E-state index in [1.165, 1.54) is 6.20 Å². The predicted molar refractivity (Wildman–Crippen MR) is 79.6 cm³/mol. The van der Waals surface area contributed by atoms with Gasteiger partial charge in [-0.2, -0.15) is 16.9 Å². The fourth-order valence-corrected chi connectivity index (χ4v) is 3.70. The van der Waals surface area contributed by atoms with Crippen molar-refractivity contribution >= 4 is 29.2 Å². The van der Waals surface area contributed by atoms with Crippen molar-refractivity contribution in [2.75, 3.05) is 11.5 Å². The van der Waals surface area contributed by atoms with E-state index >= 15 is 0 Å². The van der Waals surface area contributed by atoms with Crippen molar-refractivity contribution in [2.45, 2.75) is 18.4 Å². The Morgan fingerprint density at radius 1 is 1.33 bits per heavy atom. The second-order valence-corrected chi connectivity index (χ2v) is 6.27. The Morgan fingerprint density at radius 2 is 2.10 bits per heavy atom. The Balaban J connectivity index is 1.89. The zero-order valence-corrected chi connectivity index (χ0v) is 12.1. The Morgan fingerprint density at radius 3 is 2.81 bits per heavy atom. The summed E-state index contributed by atoms with van der Waals surface area (Å²) in [5, 5.41) is 16.3. The summed E-state index contributed by atoms with van der Waals surface area (Å²) in [6, 6.07) is 5.42. The standard InChI is InChI=1S/C14H15N3O3S/c18-12(10-9-15-17-6-2-1-3-11(10)17)16-14(13(19)20)4-7-21-8-5-14/h1-3,6,9H,4-5,7-8H2,(H,16,18)(H,19,20). The molecule has 6 nitrogen and oxygen atoms in total. The highest BCUT2D eigenvalue weighted by Gasteiger charge is 2.41. The number of aliphatic carboxylic acids is 1. The van der Waals surface area contributed by atoms with Crippen molar-refractivity contribution < 1.29 is 14.7 Å². The van der Waals surface area contributed by atoms with Crippen LogP contribution in [0.5, 0.6) is 0 Å². The maximum atomic E-state index is 12.5. The molecule has 1 aliphatic heterocycles. The molecule has 1 aliphatic rings. The summed E-state index contributed by atoms with van der Waals surface area (Å²) < 4.78 is 1.60. The van der Waals surface area contributed by atoms with E-state index < -0.39 is 11.5 Å². The fourth-order valence-electron chi connectivity index (χ4n) is 2.51. The summed E-state index contributed by atoms with van der Waals surface area (Å²) in [7, 11) is 0. The zero-order chi connectivity index (χ0) is 14.9. The summed E-state index contributed by atoms with van der Waals surface area (Å²) in [5.74, 6) is 0.126. The number of carbonyl (C=O) groups is 2. The van der Waals surface area contributed by atoms with Crippen LogP contribution in [-0.4, -0.2) is 43.6 Å². The van der Waals surface area contributed by atoms with Gasteiger partial charge >= 0.3 is 5.97 Å². The average Bonchev–Trinajstić information content (AvgIpc) is 2.92. The number of nitrogens with zero attached hydrogens (tertiary/aromatic N) is 2. The third-order valence-electron chi connectivity index (χ3n) is 3.78. The van der Waals surface area contributed by atoms with Gasteiger partial charge in [0, 0.05) is 6.20 Å². The van der Waals surface area contributed by atoms with Gasteiger partial charge in [-0.05, 0) is 36.5 Å². The molecular weight excluding hydrogens is 290 g/mol. The molecule has 0 unspecified atom stereocenters. The second-order valence-electron chi connectivity index (χ2n) is 5.04. The van der Waals surface area contributed by atoms with Crippen molar-refractivity contribution in [2.24, 2.45) is 0 Å². The molecule has 0 radical (unpaired) electrons. The first-order valence-corrected chi connectivity index (χ1v) is 7.84. The summed E-state index contributed by atoms with van der Waals surface area (Å²) in [4.78, 5) is 24.1. The number of carbonyl (C=O) groups excluding carboxylic acids is 1. The minimum atomic E-state index is -1.16. The Bertz CT molecular complexity index is 692. The van der Waals surface area contributed by atoms with Gasteiger partial charge in [0.05, 0.1) is 17.3 Å². The van der Waals surface area contributed by atoms with E-state index in [0.717, 1.165) is 11.5 Å². The normalized spacial score (nSPS) is 17.5. The maximum Gasteiger partial charge on any atom is 0.329 e. The molecule has 3 heterocycles. The highest BCUT2D eigenvalue weighted by atomic mass is 32.2. The summed E-state index contributed by atoms with van der Waals surface area (Å²) >= 11 is 1.71. The molecule has 0 saturated carbocycles. The van der Waals surface area contributed by atoms with Gasteiger partial charge in [0.2, 0.25) is 0 Å². The van der Waals surface area contributed by atoms with Gasteiger partial charge in [-0.3, -0.25) is 4.79 Å². The molecule has 2 aromatic rings. The number of nitrogens with one attached hydrogen (secondary N) is 1. The summed E-state index contributed by atoms with van der Waals surface area (Å²) in [6.45, 7) is 0. The summed E-state index contributed by atoms with van der Waals surface area (Å²) in [5.41, 5.74) is -0.0964. The van der Waals surface area contributed by atoms with E-state index in [1.807, 2.05) is 12.1 Å². The number of aromatic nitrogens is 2. The summed E-state index contributed by atoms with van der Waals surface area (Å²) in [6.07, 6.45) is 4.10. The number of fused-ring (bicyclic) bond motifs is 1. The van der Waals surface area contributed by atoms with Gasteiger partial charge in [0.25, 0.3) is 5.91 Å². The van der Waals surface area contributed by atoms with Crippen molar-refractivity contribution in [3.8, 4) is 0 Å². The lowest BCUT2D eigenvalue weighted by atomic mass is 9.92. The molecule has 0 atom stereocenters. The molecule has 0 aromatic carbocycles. The molecule has 0 spiro atoms. The van der Waals surface area contributed by atoms with Crippen molar-refractivity contribution in [3.05, 3.63) is 36.2 Å². The maximum absolute atomic E-state index is 12.5. The van der Waals surface area contributed by atoms with Gasteiger partial charge in [-0.15, -0.1) is 0 Å². The smallest absolute Gasteiger partial charge is 0.329 e. The molecular formula is C14H15N3O3S. The Kier molecular flexibility index (Phi) is 3.59. The largest absolute Gasteiger partial charge is 0.480 e. The molecule has 21 heavy (non-hydrogen) atoms. The minimum Gasteiger partial charge on any atom is -0.480 e. The first kappa shape index (κ1) is 13.9. The lowest BCUT2D eigenvalue weighted by Crippen LogP contribution is -2.56. The van der Waals surface area contributed by atoms with E-state index in [9.17, 15) is 14.7 Å². The SMILES string of the molecule is O=C(NC1(C(=O)O)CCSCC1)c1cnn2ccccc12. The highest BCUT2D eigenvalue weighted by molar-refractivity contribution is 7.99. The molecule has 0 aliphatic carbocycles. The third kappa shape index (κ3) is 2.49. The minimum absolute atomic E-state index is 0.384. The van der Waals surface area contributed by atoms with E-state index in [1.54, 1.807) is 28.5 Å². The predicted octanol–water partition coefficient (Wildman–Crippen LogP) is 1.41. The Labute approximate surface area is 125 Å². The number of thioether (sulfide) groups is 1. The van der Waals surface area contributed by atoms with Gasteiger partial charge < -0.3 is 10.4 Å². The zero-order valence-electron chi connectivity index (χ0n) is 11.3. The van der Waals surface area contributed by atoms with Crippen LogP contribution >= 0.6 is 11.8 Å². The third-order valence-corrected chi connectivity index (χ3v) is 4.77. The molecule has 1 saturated heterocycles. The number of amides is 1. The number of carboxylic acids is 1. The van der Waals surface area contributed by atoms with Crippen molar-refractivity contribution in [1.29, 1.82) is 0 Å². The average molecular weight is 305 g/mol. The Hall–Kier alpha value is -2.02. The van der Waals surface area contributed by atoms with Crippen molar-refractivity contribution in [1.82, 2.24) is 14.9 Å². The van der Waals surface area contributed by atoms with Crippen LogP contribution in [0.1, 0.15) is 23.2 Å². The van der Waals surface area contributed by atoms with E-state index in [0.29, 0.717) is 23.9 Å². The first-order valence-electron chi connectivity index (χ1n) is 6.68. The molecule has 3 rings (SSSR count). The fraction of sp³-hybridized carbons (Fsp3) is 0.357. The molecule has 2 N–H and O–H groups in total. The van der Waals surface area contributed by atoms with E-state index in [2.05, 4.69) is 10.4 Å². The number of hydrogen-bond acceptors (Lipinski definition) is 4. The monoisotopic (exact) mass is 305 g/mol. The van der Waals surface area contributed by atoms with Gasteiger partial charge in [0.1, 0.15) is 5.54 Å². The van der Waals surface area contributed by atoms with E-state index in [-0.39, 0.29) is 5.91 Å². The van der Waals surface area contributed by atoms with E-state index in [4.69, 9.17) is 0 Å². The number of hydrogen-bond donors (Lipinski definition) is 2. The van der Waals surface area contributed by atoms with Crippen LogP contribution in [0, 0.1) is 0 Å². The van der Waals surface area contributed by atoms with Crippen LogP contribution < -0.4 is 5.32 Å². The topological polar surface area (TPSA) is 83.7 Å². The lowest BCUT2D eigenvalue weighted by molar-refractivity contribution is -0.144. The van der Waals surface area contributed by atoms with Crippen LogP contribution in [0.3, 0.4) is 0 Å². The second kappa shape index (κ2) is 5.40. The number of rotatable bonds is 3. The highest BCUT2D eigenvalue weighted by Crippen LogP contribution is 2.28. The molecule has 0 bridgehead atoms. The lowest BCUT2D eigenvalue weighted by Gasteiger charge is -2.33. The number of carboxylic acid groups (broad SMARTS) is 1. The molecule has 2 aromatic heterocycles. The van der Waals surface area contributed by atoms with Crippen LogP contribution in [0.25, 0.3) is 5.52 Å².